The van der Waals surface area contributed by atoms with Crippen LogP contribution < -0.4 is 5.32 Å². The zero-order valence-corrected chi connectivity index (χ0v) is 8.88. The lowest BCUT2D eigenvalue weighted by Gasteiger charge is -2.05. The van der Waals surface area contributed by atoms with Crippen LogP contribution in [-0.2, 0) is 4.79 Å². The molecule has 0 heterocycles. The van der Waals surface area contributed by atoms with E-state index in [1.807, 2.05) is 0 Å². The Bertz CT molecular complexity index is 398. The van der Waals surface area contributed by atoms with Crippen molar-refractivity contribution in [3.05, 3.63) is 40.5 Å². The summed E-state index contributed by atoms with van der Waals surface area (Å²) in [5.74, 6) is -2.69. The first-order valence-corrected chi connectivity index (χ1v) is 4.60. The standard InChI is InChI=1S/C9H6BrF2NO2/c10-6-3-5(11)4-7(12)9(6)13-2-1-8(14)15/h1-4,13H,(H,14,15)/b2-1+. The van der Waals surface area contributed by atoms with Crippen molar-refractivity contribution in [1.29, 1.82) is 0 Å². The molecule has 0 saturated carbocycles. The van der Waals surface area contributed by atoms with Crippen LogP contribution >= 0.6 is 15.9 Å². The van der Waals surface area contributed by atoms with Gasteiger partial charge in [-0.3, -0.25) is 0 Å². The summed E-state index contributed by atoms with van der Waals surface area (Å²) in [5, 5.41) is 10.7. The first-order valence-electron chi connectivity index (χ1n) is 3.81. The molecule has 1 rings (SSSR count). The Morgan fingerprint density at radius 1 is 1.47 bits per heavy atom. The van der Waals surface area contributed by atoms with Crippen molar-refractivity contribution in [2.75, 3.05) is 5.32 Å². The Kier molecular flexibility index (Phi) is 3.79. The van der Waals surface area contributed by atoms with Gasteiger partial charge in [-0.05, 0) is 22.0 Å². The van der Waals surface area contributed by atoms with E-state index in [9.17, 15) is 13.6 Å². The van der Waals surface area contributed by atoms with Gasteiger partial charge in [-0.25, -0.2) is 13.6 Å². The number of benzene rings is 1. The van der Waals surface area contributed by atoms with E-state index in [2.05, 4.69) is 21.2 Å². The second-order valence-electron chi connectivity index (χ2n) is 2.56. The molecule has 0 spiro atoms. The molecule has 0 bridgehead atoms. The maximum absolute atomic E-state index is 13.1. The molecule has 1 aromatic carbocycles. The van der Waals surface area contributed by atoms with Crippen molar-refractivity contribution in [3.8, 4) is 0 Å². The summed E-state index contributed by atoms with van der Waals surface area (Å²) < 4.78 is 25.9. The molecular weight excluding hydrogens is 272 g/mol. The fourth-order valence-corrected chi connectivity index (χ4v) is 1.40. The van der Waals surface area contributed by atoms with Crippen LogP contribution in [0.4, 0.5) is 14.5 Å². The third-order valence-electron chi connectivity index (χ3n) is 1.46. The van der Waals surface area contributed by atoms with Gasteiger partial charge in [-0.2, -0.15) is 0 Å². The van der Waals surface area contributed by atoms with Gasteiger partial charge in [0.25, 0.3) is 0 Å². The summed E-state index contributed by atoms with van der Waals surface area (Å²) in [6.07, 6.45) is 1.85. The van der Waals surface area contributed by atoms with Crippen molar-refractivity contribution in [3.63, 3.8) is 0 Å². The van der Waals surface area contributed by atoms with Crippen LogP contribution in [0.2, 0.25) is 0 Å². The Balaban J connectivity index is 2.90. The van der Waals surface area contributed by atoms with Gasteiger partial charge in [0, 0.05) is 22.8 Å². The van der Waals surface area contributed by atoms with Crippen molar-refractivity contribution in [1.82, 2.24) is 0 Å². The number of carboxylic acid groups (broad SMARTS) is 1. The number of hydrogen-bond acceptors (Lipinski definition) is 2. The fourth-order valence-electron chi connectivity index (χ4n) is 0.876. The van der Waals surface area contributed by atoms with Crippen LogP contribution in [0.25, 0.3) is 0 Å². The maximum Gasteiger partial charge on any atom is 0.329 e. The molecule has 2 N–H and O–H groups in total. The zero-order valence-electron chi connectivity index (χ0n) is 7.30. The normalized spacial score (nSPS) is 10.6. The van der Waals surface area contributed by atoms with E-state index >= 15 is 0 Å². The fraction of sp³-hybridized carbons (Fsp3) is 0. The number of rotatable bonds is 3. The molecule has 0 amide bonds. The Morgan fingerprint density at radius 3 is 2.67 bits per heavy atom. The summed E-state index contributed by atoms with van der Waals surface area (Å²) in [4.78, 5) is 10.1. The van der Waals surface area contributed by atoms with Crippen molar-refractivity contribution in [2.45, 2.75) is 0 Å². The molecule has 0 atom stereocenters. The molecule has 3 nitrogen and oxygen atoms in total. The zero-order chi connectivity index (χ0) is 11.4. The molecule has 0 fully saturated rings. The van der Waals surface area contributed by atoms with Crippen LogP contribution in [-0.4, -0.2) is 11.1 Å². The highest BCUT2D eigenvalue weighted by atomic mass is 79.9. The van der Waals surface area contributed by atoms with Crippen LogP contribution in [0.5, 0.6) is 0 Å². The number of halogens is 3. The summed E-state index contributed by atoms with van der Waals surface area (Å²) in [5.41, 5.74) is -0.0195. The minimum absolute atomic E-state index is 0.0195. The number of anilines is 1. The van der Waals surface area contributed by atoms with E-state index < -0.39 is 17.6 Å². The summed E-state index contributed by atoms with van der Waals surface area (Å²) in [6, 6.07) is 1.77. The number of carboxylic acids is 1. The van der Waals surface area contributed by atoms with E-state index in [-0.39, 0.29) is 10.2 Å². The molecule has 0 aromatic heterocycles. The molecule has 0 unspecified atom stereocenters. The second kappa shape index (κ2) is 4.88. The highest BCUT2D eigenvalue weighted by Crippen LogP contribution is 2.26. The monoisotopic (exact) mass is 277 g/mol. The van der Waals surface area contributed by atoms with E-state index in [0.29, 0.717) is 6.07 Å². The third kappa shape index (κ3) is 3.32. The lowest BCUT2D eigenvalue weighted by Crippen LogP contribution is -1.96. The largest absolute Gasteiger partial charge is 0.478 e. The molecule has 0 saturated heterocycles. The molecule has 80 valence electrons. The summed E-state index contributed by atoms with van der Waals surface area (Å²) >= 11 is 2.94. The Morgan fingerprint density at radius 2 is 2.13 bits per heavy atom. The van der Waals surface area contributed by atoms with Crippen LogP contribution in [0.3, 0.4) is 0 Å². The SMILES string of the molecule is O=C(O)/C=C/Nc1c(F)cc(F)cc1Br. The maximum atomic E-state index is 13.1. The van der Waals surface area contributed by atoms with Gasteiger partial charge in [0.05, 0.1) is 5.69 Å². The smallest absolute Gasteiger partial charge is 0.329 e. The third-order valence-corrected chi connectivity index (χ3v) is 2.09. The van der Waals surface area contributed by atoms with E-state index in [1.54, 1.807) is 0 Å². The van der Waals surface area contributed by atoms with E-state index in [1.165, 1.54) is 0 Å². The van der Waals surface area contributed by atoms with Gasteiger partial charge >= 0.3 is 5.97 Å². The van der Waals surface area contributed by atoms with Crippen LogP contribution in [0.1, 0.15) is 0 Å². The molecular formula is C9H6BrF2NO2. The van der Waals surface area contributed by atoms with E-state index in [0.717, 1.165) is 18.3 Å². The van der Waals surface area contributed by atoms with Gasteiger partial charge in [-0.15, -0.1) is 0 Å². The molecule has 15 heavy (non-hydrogen) atoms. The molecule has 0 aliphatic carbocycles. The Hall–Kier alpha value is -1.43. The molecule has 0 radical (unpaired) electrons. The summed E-state index contributed by atoms with van der Waals surface area (Å²) in [7, 11) is 0. The second-order valence-corrected chi connectivity index (χ2v) is 3.41. The highest BCUT2D eigenvalue weighted by molar-refractivity contribution is 9.10. The molecule has 1 aromatic rings. The number of aliphatic carboxylic acids is 1. The summed E-state index contributed by atoms with van der Waals surface area (Å²) in [6.45, 7) is 0. The minimum Gasteiger partial charge on any atom is -0.478 e. The molecule has 6 heteroatoms. The number of carbonyl (C=O) groups is 1. The lowest BCUT2D eigenvalue weighted by molar-refractivity contribution is -0.131. The number of nitrogens with one attached hydrogen (secondary N) is 1. The molecule has 0 aliphatic heterocycles. The van der Waals surface area contributed by atoms with Crippen molar-refractivity contribution < 1.29 is 18.7 Å². The minimum atomic E-state index is -1.17. The van der Waals surface area contributed by atoms with Gasteiger partial charge in [0.2, 0.25) is 0 Å². The van der Waals surface area contributed by atoms with Gasteiger partial charge in [-0.1, -0.05) is 0 Å². The van der Waals surface area contributed by atoms with Gasteiger partial charge < -0.3 is 10.4 Å². The van der Waals surface area contributed by atoms with E-state index in [4.69, 9.17) is 5.11 Å². The Labute approximate surface area is 92.5 Å². The molecule has 0 aliphatic rings. The number of hydrogen-bond donors (Lipinski definition) is 2. The van der Waals surface area contributed by atoms with Gasteiger partial charge in [0.1, 0.15) is 5.82 Å². The topological polar surface area (TPSA) is 49.3 Å². The predicted octanol–water partition coefficient (Wildman–Crippen LogP) is 2.74. The van der Waals surface area contributed by atoms with Crippen LogP contribution in [0, 0.1) is 11.6 Å². The first kappa shape index (κ1) is 11.6. The highest BCUT2D eigenvalue weighted by Gasteiger charge is 2.07. The first-order chi connectivity index (χ1) is 7.00. The predicted molar refractivity (Wildman–Crippen MR) is 54.5 cm³/mol. The van der Waals surface area contributed by atoms with Crippen molar-refractivity contribution in [2.24, 2.45) is 0 Å². The van der Waals surface area contributed by atoms with Gasteiger partial charge in [0.15, 0.2) is 5.82 Å². The average Bonchev–Trinajstić information content (AvgIpc) is 2.08. The lowest BCUT2D eigenvalue weighted by atomic mass is 10.3. The average molecular weight is 278 g/mol. The van der Waals surface area contributed by atoms with Crippen LogP contribution in [0.15, 0.2) is 28.9 Å². The van der Waals surface area contributed by atoms with Crippen molar-refractivity contribution >= 4 is 27.6 Å². The quantitative estimate of drug-likeness (QED) is 0.836.